The fourth-order valence-corrected chi connectivity index (χ4v) is 3.72. The van der Waals surface area contributed by atoms with Crippen LogP contribution in [0.15, 0.2) is 23.6 Å². The van der Waals surface area contributed by atoms with E-state index in [0.717, 1.165) is 17.5 Å². The molecule has 1 fully saturated rings. The van der Waals surface area contributed by atoms with Crippen molar-refractivity contribution in [1.82, 2.24) is 9.97 Å². The van der Waals surface area contributed by atoms with Crippen LogP contribution in [0.5, 0.6) is 0 Å². The second kappa shape index (κ2) is 6.36. The number of rotatable bonds is 4. The molecule has 1 aliphatic carbocycles. The maximum absolute atomic E-state index is 6.21. The van der Waals surface area contributed by atoms with Crippen LogP contribution in [0.3, 0.4) is 0 Å². The first-order valence-electron chi connectivity index (χ1n) is 6.49. The third-order valence-electron chi connectivity index (χ3n) is 3.45. The molecular formula is C13H21N3S. The largest absolute Gasteiger partial charge is 0.327 e. The quantitative estimate of drug-likeness (QED) is 0.836. The number of hydrogen-bond acceptors (Lipinski definition) is 4. The summed E-state index contributed by atoms with van der Waals surface area (Å²) in [7, 11) is 0. The number of nitrogens with two attached hydrogens (primary N) is 1. The Hall–Kier alpha value is -0.610. The normalized spacial score (nSPS) is 29.2. The van der Waals surface area contributed by atoms with E-state index in [9.17, 15) is 0 Å². The monoisotopic (exact) mass is 251 g/mol. The van der Waals surface area contributed by atoms with Crippen molar-refractivity contribution in [2.24, 2.45) is 11.7 Å². The molecule has 0 aromatic carbocycles. The van der Waals surface area contributed by atoms with Gasteiger partial charge in [0.25, 0.3) is 0 Å². The van der Waals surface area contributed by atoms with E-state index in [1.807, 2.05) is 6.07 Å². The van der Waals surface area contributed by atoms with E-state index in [2.05, 4.69) is 16.9 Å². The Labute approximate surface area is 108 Å². The fraction of sp³-hybridized carbons (Fsp3) is 0.692. The van der Waals surface area contributed by atoms with Gasteiger partial charge in [-0.1, -0.05) is 31.5 Å². The molecule has 1 heterocycles. The highest BCUT2D eigenvalue weighted by Crippen LogP contribution is 2.35. The van der Waals surface area contributed by atoms with Gasteiger partial charge < -0.3 is 5.73 Å². The SMILES string of the molecule is CCCC1CCC(N)C(Sc2ncccn2)C1. The van der Waals surface area contributed by atoms with Crippen LogP contribution < -0.4 is 5.73 Å². The highest BCUT2D eigenvalue weighted by Gasteiger charge is 2.28. The van der Waals surface area contributed by atoms with Gasteiger partial charge in [-0.05, 0) is 31.2 Å². The van der Waals surface area contributed by atoms with Crippen LogP contribution in [0, 0.1) is 5.92 Å². The molecule has 1 saturated carbocycles. The van der Waals surface area contributed by atoms with E-state index in [1.54, 1.807) is 24.2 Å². The molecule has 0 amide bonds. The fourth-order valence-electron chi connectivity index (χ4n) is 2.52. The number of thioether (sulfide) groups is 1. The third-order valence-corrected chi connectivity index (χ3v) is 4.71. The van der Waals surface area contributed by atoms with Gasteiger partial charge in [0.15, 0.2) is 5.16 Å². The molecule has 17 heavy (non-hydrogen) atoms. The Morgan fingerprint density at radius 2 is 2.12 bits per heavy atom. The van der Waals surface area contributed by atoms with Gasteiger partial charge in [-0.2, -0.15) is 0 Å². The summed E-state index contributed by atoms with van der Waals surface area (Å²) in [5, 5.41) is 1.35. The molecular weight excluding hydrogens is 230 g/mol. The topological polar surface area (TPSA) is 51.8 Å². The van der Waals surface area contributed by atoms with Crippen molar-refractivity contribution in [1.29, 1.82) is 0 Å². The lowest BCUT2D eigenvalue weighted by Gasteiger charge is -2.33. The van der Waals surface area contributed by atoms with E-state index >= 15 is 0 Å². The van der Waals surface area contributed by atoms with E-state index in [-0.39, 0.29) is 0 Å². The Morgan fingerprint density at radius 1 is 1.35 bits per heavy atom. The van der Waals surface area contributed by atoms with Gasteiger partial charge in [-0.15, -0.1) is 0 Å². The van der Waals surface area contributed by atoms with Gasteiger partial charge in [0.2, 0.25) is 0 Å². The van der Waals surface area contributed by atoms with Crippen LogP contribution in [0.4, 0.5) is 0 Å². The first-order chi connectivity index (χ1) is 8.29. The molecule has 2 rings (SSSR count). The molecule has 4 heteroatoms. The first-order valence-corrected chi connectivity index (χ1v) is 7.36. The van der Waals surface area contributed by atoms with Crippen LogP contribution in [-0.2, 0) is 0 Å². The minimum Gasteiger partial charge on any atom is -0.327 e. The van der Waals surface area contributed by atoms with E-state index < -0.39 is 0 Å². The minimum atomic E-state index is 0.303. The first kappa shape index (κ1) is 12.8. The molecule has 3 nitrogen and oxygen atoms in total. The van der Waals surface area contributed by atoms with E-state index in [1.165, 1.54) is 25.7 Å². The molecule has 3 unspecified atom stereocenters. The van der Waals surface area contributed by atoms with Crippen molar-refractivity contribution in [3.63, 3.8) is 0 Å². The zero-order valence-corrected chi connectivity index (χ0v) is 11.2. The summed E-state index contributed by atoms with van der Waals surface area (Å²) in [6, 6.07) is 2.15. The van der Waals surface area contributed by atoms with Crippen molar-refractivity contribution in [3.05, 3.63) is 18.5 Å². The predicted octanol–water partition coefficient (Wildman–Crippen LogP) is 2.86. The Kier molecular flexibility index (Phi) is 4.80. The Morgan fingerprint density at radius 3 is 2.82 bits per heavy atom. The van der Waals surface area contributed by atoms with Gasteiger partial charge in [-0.25, -0.2) is 9.97 Å². The van der Waals surface area contributed by atoms with Crippen molar-refractivity contribution >= 4 is 11.8 Å². The van der Waals surface area contributed by atoms with Gasteiger partial charge >= 0.3 is 0 Å². The molecule has 94 valence electrons. The molecule has 0 radical (unpaired) electrons. The summed E-state index contributed by atoms with van der Waals surface area (Å²) >= 11 is 1.76. The van der Waals surface area contributed by atoms with Crippen LogP contribution in [-0.4, -0.2) is 21.3 Å². The third kappa shape index (κ3) is 3.68. The molecule has 0 bridgehead atoms. The predicted molar refractivity (Wildman–Crippen MR) is 71.9 cm³/mol. The highest BCUT2D eigenvalue weighted by atomic mass is 32.2. The summed E-state index contributed by atoms with van der Waals surface area (Å²) in [5.41, 5.74) is 6.21. The van der Waals surface area contributed by atoms with Crippen LogP contribution in [0.1, 0.15) is 39.0 Å². The number of hydrogen-bond donors (Lipinski definition) is 1. The highest BCUT2D eigenvalue weighted by molar-refractivity contribution is 7.99. The zero-order chi connectivity index (χ0) is 12.1. The minimum absolute atomic E-state index is 0.303. The van der Waals surface area contributed by atoms with Gasteiger partial charge in [0, 0.05) is 23.7 Å². The Balaban J connectivity index is 1.94. The average Bonchev–Trinajstić information content (AvgIpc) is 2.35. The van der Waals surface area contributed by atoms with Gasteiger partial charge in [-0.3, -0.25) is 0 Å². The lowest BCUT2D eigenvalue weighted by atomic mass is 9.83. The molecule has 0 aliphatic heterocycles. The molecule has 1 aliphatic rings. The van der Waals surface area contributed by atoms with Crippen molar-refractivity contribution < 1.29 is 0 Å². The van der Waals surface area contributed by atoms with Gasteiger partial charge in [0.1, 0.15) is 0 Å². The molecule has 0 saturated heterocycles. The summed E-state index contributed by atoms with van der Waals surface area (Å²) in [6.45, 7) is 2.26. The number of aromatic nitrogens is 2. The van der Waals surface area contributed by atoms with Gasteiger partial charge in [0.05, 0.1) is 0 Å². The second-order valence-corrected chi connectivity index (χ2v) is 6.03. The van der Waals surface area contributed by atoms with Crippen molar-refractivity contribution in [2.75, 3.05) is 0 Å². The lowest BCUT2D eigenvalue weighted by Crippen LogP contribution is -2.38. The molecule has 1 aromatic heterocycles. The summed E-state index contributed by atoms with van der Waals surface area (Å²) < 4.78 is 0. The summed E-state index contributed by atoms with van der Waals surface area (Å²) in [4.78, 5) is 8.55. The molecule has 2 N–H and O–H groups in total. The summed E-state index contributed by atoms with van der Waals surface area (Å²) in [6.07, 6.45) is 9.87. The second-order valence-electron chi connectivity index (χ2n) is 4.82. The van der Waals surface area contributed by atoms with Crippen LogP contribution in [0.25, 0.3) is 0 Å². The maximum atomic E-state index is 6.21. The van der Waals surface area contributed by atoms with Crippen LogP contribution in [0.2, 0.25) is 0 Å². The smallest absolute Gasteiger partial charge is 0.187 e. The van der Waals surface area contributed by atoms with Crippen LogP contribution >= 0.6 is 11.8 Å². The summed E-state index contributed by atoms with van der Waals surface area (Å²) in [5.74, 6) is 0.848. The average molecular weight is 251 g/mol. The number of nitrogens with zero attached hydrogens (tertiary/aromatic N) is 2. The van der Waals surface area contributed by atoms with Crippen molar-refractivity contribution in [2.45, 2.75) is 55.5 Å². The lowest BCUT2D eigenvalue weighted by molar-refractivity contribution is 0.316. The van der Waals surface area contributed by atoms with E-state index in [0.29, 0.717) is 11.3 Å². The molecule has 0 spiro atoms. The molecule has 1 aromatic rings. The Bertz CT molecular complexity index is 331. The van der Waals surface area contributed by atoms with Crippen molar-refractivity contribution in [3.8, 4) is 0 Å². The molecule has 3 atom stereocenters. The maximum Gasteiger partial charge on any atom is 0.187 e. The standard InChI is InChI=1S/C13H21N3S/c1-2-4-10-5-6-11(14)12(9-10)17-13-15-7-3-8-16-13/h3,7-8,10-12H,2,4-6,9,14H2,1H3. The van der Waals surface area contributed by atoms with E-state index in [4.69, 9.17) is 5.73 Å². The zero-order valence-electron chi connectivity index (χ0n) is 10.4.